The zero-order valence-corrected chi connectivity index (χ0v) is 21.9. The smallest absolute Gasteiger partial charge is 0.256 e. The van der Waals surface area contributed by atoms with E-state index in [-0.39, 0.29) is 11.9 Å². The molecule has 0 unspecified atom stereocenters. The molecule has 5 rings (SSSR count). The summed E-state index contributed by atoms with van der Waals surface area (Å²) in [6.07, 6.45) is 3.53. The molecule has 3 nitrogen and oxygen atoms in total. The molecule has 0 spiro atoms. The highest BCUT2D eigenvalue weighted by Crippen LogP contribution is 2.43. The molecule has 1 aliphatic rings. The number of carbonyl (C=O) groups is 1. The van der Waals surface area contributed by atoms with Gasteiger partial charge in [0.1, 0.15) is 5.00 Å². The Kier molecular flexibility index (Phi) is 7.64. The van der Waals surface area contributed by atoms with Crippen LogP contribution in [0, 0.1) is 19.8 Å². The predicted octanol–water partition coefficient (Wildman–Crippen LogP) is 7.66. The van der Waals surface area contributed by atoms with Gasteiger partial charge in [0.2, 0.25) is 0 Å². The maximum absolute atomic E-state index is 13.1. The van der Waals surface area contributed by atoms with E-state index >= 15 is 0 Å². The van der Waals surface area contributed by atoms with Crippen LogP contribution in [0.25, 0.3) is 0 Å². The molecule has 1 fully saturated rings. The maximum Gasteiger partial charge on any atom is 0.256 e. The van der Waals surface area contributed by atoms with Crippen LogP contribution in [0.4, 0.5) is 5.00 Å². The highest BCUT2D eigenvalue weighted by atomic mass is 32.1. The van der Waals surface area contributed by atoms with Gasteiger partial charge in [0.25, 0.3) is 5.91 Å². The largest absolute Gasteiger partial charge is 0.313 e. The van der Waals surface area contributed by atoms with Gasteiger partial charge >= 0.3 is 0 Å². The number of piperidine rings is 1. The molecular weight excluding hydrogens is 460 g/mol. The lowest BCUT2D eigenvalue weighted by molar-refractivity contribution is 0.102. The molecule has 2 heterocycles. The van der Waals surface area contributed by atoms with Crippen molar-refractivity contribution in [3.8, 4) is 0 Å². The van der Waals surface area contributed by atoms with Crippen molar-refractivity contribution in [1.82, 2.24) is 4.90 Å². The van der Waals surface area contributed by atoms with Crippen LogP contribution in [-0.4, -0.2) is 23.9 Å². The van der Waals surface area contributed by atoms with Gasteiger partial charge in [0.05, 0.1) is 6.04 Å². The summed E-state index contributed by atoms with van der Waals surface area (Å²) in [4.78, 5) is 17.0. The lowest BCUT2D eigenvalue weighted by Gasteiger charge is -2.38. The molecule has 1 atom stereocenters. The third-order valence-electron chi connectivity index (χ3n) is 7.47. The number of anilines is 1. The summed E-state index contributed by atoms with van der Waals surface area (Å²) >= 11 is 1.69. The van der Waals surface area contributed by atoms with Gasteiger partial charge in [-0.1, -0.05) is 78.9 Å². The number of likely N-dealkylation sites (tertiary alicyclic amines) is 1. The predicted molar refractivity (Wildman–Crippen MR) is 151 cm³/mol. The van der Waals surface area contributed by atoms with Crippen LogP contribution >= 0.6 is 11.3 Å². The van der Waals surface area contributed by atoms with E-state index in [1.165, 1.54) is 40.0 Å². The Bertz CT molecular complexity index is 1280. The van der Waals surface area contributed by atoms with Gasteiger partial charge in [-0.05, 0) is 80.9 Å². The number of carbonyl (C=O) groups excluding carboxylic acids is 1. The standard InChI is InChI=1S/C32H34N2OS/c1-23-24(2)36-32(33-31(35)28-16-10-5-11-17-28)29(23)30(27-14-8-4-9-15-27)34-20-18-26(19-21-34)22-25-12-6-3-7-13-25/h3-17,26,30H,18-22H2,1-2H3,(H,33,35)/t30-/m0/s1. The molecule has 4 heteroatoms. The first-order chi connectivity index (χ1) is 17.6. The third-order valence-corrected chi connectivity index (χ3v) is 8.60. The van der Waals surface area contributed by atoms with Gasteiger partial charge in [-0.25, -0.2) is 0 Å². The second-order valence-corrected chi connectivity index (χ2v) is 11.1. The minimum Gasteiger partial charge on any atom is -0.313 e. The van der Waals surface area contributed by atoms with E-state index in [1.54, 1.807) is 11.3 Å². The molecule has 1 N–H and O–H groups in total. The first-order valence-corrected chi connectivity index (χ1v) is 13.7. The summed E-state index contributed by atoms with van der Waals surface area (Å²) in [6.45, 7) is 6.47. The molecule has 36 heavy (non-hydrogen) atoms. The normalized spacial score (nSPS) is 15.5. The molecule has 1 aromatic heterocycles. The maximum atomic E-state index is 13.1. The van der Waals surface area contributed by atoms with Crippen molar-refractivity contribution < 1.29 is 4.79 Å². The van der Waals surface area contributed by atoms with Gasteiger partial charge in [0.15, 0.2) is 0 Å². The van der Waals surface area contributed by atoms with Crippen molar-refractivity contribution >= 4 is 22.2 Å². The average molecular weight is 495 g/mol. The van der Waals surface area contributed by atoms with Crippen molar-refractivity contribution in [2.45, 2.75) is 39.2 Å². The number of nitrogens with zero attached hydrogens (tertiary/aromatic N) is 1. The fraction of sp³-hybridized carbons (Fsp3) is 0.281. The van der Waals surface area contributed by atoms with Crippen molar-refractivity contribution in [3.05, 3.63) is 124 Å². The number of aryl methyl sites for hydroxylation is 1. The Balaban J connectivity index is 1.42. The number of thiophene rings is 1. The third kappa shape index (κ3) is 5.45. The van der Waals surface area contributed by atoms with E-state index in [0.29, 0.717) is 11.5 Å². The van der Waals surface area contributed by atoms with Crippen molar-refractivity contribution in [3.63, 3.8) is 0 Å². The SMILES string of the molecule is Cc1sc(NC(=O)c2ccccc2)c([C@H](c2ccccc2)N2CCC(Cc3ccccc3)CC2)c1C. The van der Waals surface area contributed by atoms with Gasteiger partial charge in [0, 0.05) is 16.0 Å². The number of nitrogens with one attached hydrogen (secondary N) is 1. The average Bonchev–Trinajstić information content (AvgIpc) is 3.19. The molecule has 3 aromatic carbocycles. The monoisotopic (exact) mass is 494 g/mol. The number of amides is 1. The fourth-order valence-electron chi connectivity index (χ4n) is 5.39. The van der Waals surface area contributed by atoms with E-state index < -0.39 is 0 Å². The van der Waals surface area contributed by atoms with Crippen molar-refractivity contribution in [2.75, 3.05) is 18.4 Å². The van der Waals surface area contributed by atoms with Crippen LogP contribution in [0.1, 0.15) is 56.4 Å². The van der Waals surface area contributed by atoms with Gasteiger partial charge in [-0.15, -0.1) is 11.3 Å². The molecule has 0 radical (unpaired) electrons. The molecule has 0 aliphatic carbocycles. The van der Waals surface area contributed by atoms with Crippen LogP contribution in [0.3, 0.4) is 0 Å². The van der Waals surface area contributed by atoms with Crippen molar-refractivity contribution in [1.29, 1.82) is 0 Å². The van der Waals surface area contributed by atoms with Crippen LogP contribution in [0.2, 0.25) is 0 Å². The van der Waals surface area contributed by atoms with Crippen LogP contribution in [0.5, 0.6) is 0 Å². The molecule has 1 amide bonds. The number of benzene rings is 3. The first-order valence-electron chi connectivity index (χ1n) is 12.9. The molecule has 0 saturated carbocycles. The number of rotatable bonds is 7. The molecule has 0 bridgehead atoms. The van der Waals surface area contributed by atoms with Gasteiger partial charge < -0.3 is 5.32 Å². The molecule has 4 aromatic rings. The molecule has 1 saturated heterocycles. The summed E-state index contributed by atoms with van der Waals surface area (Å²) in [6, 6.07) is 31.3. The summed E-state index contributed by atoms with van der Waals surface area (Å²) in [5, 5.41) is 4.24. The van der Waals surface area contributed by atoms with Gasteiger partial charge in [-0.3, -0.25) is 9.69 Å². The van der Waals surface area contributed by atoms with Crippen LogP contribution in [0.15, 0.2) is 91.0 Å². The summed E-state index contributed by atoms with van der Waals surface area (Å²) < 4.78 is 0. The summed E-state index contributed by atoms with van der Waals surface area (Å²) in [5.41, 5.74) is 5.93. The topological polar surface area (TPSA) is 32.3 Å². The fourth-order valence-corrected chi connectivity index (χ4v) is 6.48. The minimum absolute atomic E-state index is 0.0496. The Morgan fingerprint density at radius 3 is 2.11 bits per heavy atom. The van der Waals surface area contributed by atoms with E-state index in [0.717, 1.165) is 24.5 Å². The molecule has 184 valence electrons. The van der Waals surface area contributed by atoms with E-state index in [9.17, 15) is 4.79 Å². The summed E-state index contributed by atoms with van der Waals surface area (Å²) in [7, 11) is 0. The number of hydrogen-bond acceptors (Lipinski definition) is 3. The van der Waals surface area contributed by atoms with Crippen molar-refractivity contribution in [2.24, 2.45) is 5.92 Å². The Morgan fingerprint density at radius 2 is 1.47 bits per heavy atom. The lowest BCUT2D eigenvalue weighted by atomic mass is 9.87. The quantitative estimate of drug-likeness (QED) is 0.286. The van der Waals surface area contributed by atoms with Gasteiger partial charge in [-0.2, -0.15) is 0 Å². The second kappa shape index (κ2) is 11.2. The lowest BCUT2D eigenvalue weighted by Crippen LogP contribution is -2.38. The highest BCUT2D eigenvalue weighted by Gasteiger charge is 2.32. The molecular formula is C32H34N2OS. The second-order valence-electron chi connectivity index (χ2n) is 9.83. The minimum atomic E-state index is -0.0496. The van der Waals surface area contributed by atoms with Crippen LogP contribution < -0.4 is 5.32 Å². The first kappa shape index (κ1) is 24.5. The van der Waals surface area contributed by atoms with Crippen LogP contribution in [-0.2, 0) is 6.42 Å². The Hall–Kier alpha value is -3.21. The van der Waals surface area contributed by atoms with E-state index in [4.69, 9.17) is 0 Å². The zero-order valence-electron chi connectivity index (χ0n) is 21.1. The Labute approximate surface area is 218 Å². The van der Waals surface area contributed by atoms with E-state index in [1.807, 2.05) is 30.3 Å². The van der Waals surface area contributed by atoms with E-state index in [2.05, 4.69) is 84.7 Å². The highest BCUT2D eigenvalue weighted by molar-refractivity contribution is 7.16. The summed E-state index contributed by atoms with van der Waals surface area (Å²) in [5.74, 6) is 0.661. The Morgan fingerprint density at radius 1 is 0.889 bits per heavy atom. The zero-order chi connectivity index (χ0) is 24.9. The molecule has 1 aliphatic heterocycles. The number of hydrogen-bond donors (Lipinski definition) is 1.